The molecule has 2 aliphatic heterocycles. The predicted molar refractivity (Wildman–Crippen MR) is 131 cm³/mol. The van der Waals surface area contributed by atoms with Gasteiger partial charge in [0.25, 0.3) is 0 Å². The Morgan fingerprint density at radius 3 is 2.33 bits per heavy atom. The number of nitrogens with zero attached hydrogens (tertiary/aromatic N) is 1. The first-order valence-corrected chi connectivity index (χ1v) is 11.6. The highest BCUT2D eigenvalue weighted by molar-refractivity contribution is 6.62. The maximum absolute atomic E-state index is 15.3. The molecule has 1 fully saturated rings. The van der Waals surface area contributed by atoms with Gasteiger partial charge in [-0.2, -0.15) is 0 Å². The summed E-state index contributed by atoms with van der Waals surface area (Å²) in [5.74, 6) is 0.540. The van der Waals surface area contributed by atoms with Crippen molar-refractivity contribution in [3.63, 3.8) is 0 Å². The van der Waals surface area contributed by atoms with E-state index in [1.54, 1.807) is 7.11 Å². The largest absolute Gasteiger partial charge is 0.498 e. The molecule has 0 amide bonds. The van der Waals surface area contributed by atoms with Crippen molar-refractivity contribution in [1.29, 1.82) is 0 Å². The van der Waals surface area contributed by atoms with Crippen molar-refractivity contribution < 1.29 is 18.4 Å². The van der Waals surface area contributed by atoms with Gasteiger partial charge < -0.3 is 24.3 Å². The molecule has 0 aliphatic carbocycles. The van der Waals surface area contributed by atoms with E-state index >= 15 is 4.39 Å². The normalized spacial score (nSPS) is 18.7. The Hall–Kier alpha value is -2.51. The summed E-state index contributed by atoms with van der Waals surface area (Å²) in [4.78, 5) is 2.23. The number of hydrogen-bond donors (Lipinski definition) is 1. The van der Waals surface area contributed by atoms with E-state index in [9.17, 15) is 0 Å². The first-order chi connectivity index (χ1) is 15.6. The van der Waals surface area contributed by atoms with Gasteiger partial charge in [0.15, 0.2) is 0 Å². The lowest BCUT2D eigenvalue weighted by Crippen LogP contribution is -2.42. The fourth-order valence-corrected chi connectivity index (χ4v) is 4.29. The second-order valence-electron chi connectivity index (χ2n) is 9.79. The van der Waals surface area contributed by atoms with E-state index in [0.717, 1.165) is 41.1 Å². The molecule has 33 heavy (non-hydrogen) atoms. The predicted octanol–water partition coefficient (Wildman–Crippen LogP) is 4.45. The van der Waals surface area contributed by atoms with E-state index < -0.39 is 18.3 Å². The van der Waals surface area contributed by atoms with Crippen LogP contribution in [0.15, 0.2) is 42.6 Å². The highest BCUT2D eigenvalue weighted by atomic mass is 19.1. The van der Waals surface area contributed by atoms with Crippen molar-refractivity contribution in [2.24, 2.45) is 0 Å². The van der Waals surface area contributed by atoms with Crippen LogP contribution in [0.25, 0.3) is 5.70 Å². The van der Waals surface area contributed by atoms with Gasteiger partial charge in [-0.3, -0.25) is 0 Å². The average Bonchev–Trinajstić information content (AvgIpc) is 2.98. The number of benzene rings is 2. The number of fused-ring (bicyclic) bond motifs is 1. The summed E-state index contributed by atoms with van der Waals surface area (Å²) >= 11 is 0. The summed E-state index contributed by atoms with van der Waals surface area (Å²) in [5.41, 5.74) is 3.45. The Morgan fingerprint density at radius 2 is 1.73 bits per heavy atom. The van der Waals surface area contributed by atoms with Crippen molar-refractivity contribution in [3.05, 3.63) is 65.1 Å². The van der Waals surface area contributed by atoms with Gasteiger partial charge in [-0.25, -0.2) is 4.39 Å². The minimum Gasteiger partial charge on any atom is -0.497 e. The molecular formula is C26H34BFN2O3. The molecule has 2 aliphatic rings. The molecule has 0 radical (unpaired) electrons. The molecule has 2 aromatic carbocycles. The van der Waals surface area contributed by atoms with Crippen molar-refractivity contribution in [2.75, 3.05) is 13.7 Å². The monoisotopic (exact) mass is 452 g/mol. The lowest BCUT2D eigenvalue weighted by Gasteiger charge is -2.32. The highest BCUT2D eigenvalue weighted by Crippen LogP contribution is 2.38. The summed E-state index contributed by atoms with van der Waals surface area (Å²) in [6.07, 6.45) is 3.14. The fraction of sp³-hybridized carbons (Fsp3) is 0.462. The molecule has 4 rings (SSSR count). The van der Waals surface area contributed by atoms with Crippen LogP contribution in [0.4, 0.5) is 4.39 Å². The molecule has 0 atom stereocenters. The quantitative estimate of drug-likeness (QED) is 0.629. The van der Waals surface area contributed by atoms with Crippen molar-refractivity contribution in [3.8, 4) is 5.75 Å². The number of methoxy groups -OCH3 is 1. The van der Waals surface area contributed by atoms with Crippen LogP contribution < -0.4 is 15.5 Å². The first-order valence-electron chi connectivity index (χ1n) is 11.6. The summed E-state index contributed by atoms with van der Waals surface area (Å²) in [6.45, 7) is 12.3. The Labute approximate surface area is 197 Å². The Morgan fingerprint density at radius 1 is 1.06 bits per heavy atom. The smallest absolute Gasteiger partial charge is 0.497 e. The third-order valence-electron chi connectivity index (χ3n) is 6.91. The van der Waals surface area contributed by atoms with Crippen molar-refractivity contribution in [1.82, 2.24) is 10.2 Å². The number of halogens is 1. The maximum Gasteiger partial charge on any atom is 0.498 e. The third-order valence-corrected chi connectivity index (χ3v) is 6.91. The molecule has 0 bridgehead atoms. The molecule has 5 nitrogen and oxygen atoms in total. The van der Waals surface area contributed by atoms with Gasteiger partial charge in [-0.15, -0.1) is 0 Å². The van der Waals surface area contributed by atoms with Gasteiger partial charge in [0.1, 0.15) is 11.6 Å². The molecule has 1 N–H and O–H groups in total. The molecule has 176 valence electrons. The van der Waals surface area contributed by atoms with Crippen LogP contribution in [0.2, 0.25) is 0 Å². The van der Waals surface area contributed by atoms with Crippen LogP contribution in [0.5, 0.6) is 5.75 Å². The van der Waals surface area contributed by atoms with Crippen LogP contribution in [0.3, 0.4) is 0 Å². The molecule has 2 heterocycles. The molecule has 2 aromatic rings. The minimum atomic E-state index is -0.741. The van der Waals surface area contributed by atoms with E-state index in [4.69, 9.17) is 14.0 Å². The van der Waals surface area contributed by atoms with Gasteiger partial charge in [0.05, 0.1) is 24.0 Å². The van der Waals surface area contributed by atoms with Gasteiger partial charge >= 0.3 is 7.12 Å². The molecule has 7 heteroatoms. The Balaban J connectivity index is 1.67. The lowest BCUT2D eigenvalue weighted by molar-refractivity contribution is 0.00578. The van der Waals surface area contributed by atoms with Gasteiger partial charge in [0.2, 0.25) is 0 Å². The summed E-state index contributed by atoms with van der Waals surface area (Å²) in [5, 5.41) is 3.56. The highest BCUT2D eigenvalue weighted by Gasteiger charge is 2.53. The van der Waals surface area contributed by atoms with E-state index in [1.165, 1.54) is 6.07 Å². The standard InChI is InChI=1S/C26H34BFN2O3/c1-7-14-30-16-21-20(23(17-30)29-15-18-8-10-19(31-6)11-9-18)12-13-22(28)24(21)27-32-25(2,3)26(4,5)33-27/h8-13,17,29H,7,14-16H2,1-6H3. The van der Waals surface area contributed by atoms with Crippen molar-refractivity contribution in [2.45, 2.75) is 65.3 Å². The van der Waals surface area contributed by atoms with Gasteiger partial charge in [0, 0.05) is 36.9 Å². The van der Waals surface area contributed by atoms with Crippen LogP contribution in [-0.2, 0) is 22.4 Å². The third kappa shape index (κ3) is 4.62. The average molecular weight is 452 g/mol. The van der Waals surface area contributed by atoms with Crippen LogP contribution >= 0.6 is 0 Å². The molecule has 0 aromatic heterocycles. The van der Waals surface area contributed by atoms with Crippen LogP contribution in [-0.4, -0.2) is 36.9 Å². The van der Waals surface area contributed by atoms with Gasteiger partial charge in [-0.05, 0) is 69.5 Å². The van der Waals surface area contributed by atoms with E-state index in [2.05, 4.69) is 23.3 Å². The Bertz CT molecular complexity index is 1020. The number of rotatable bonds is 7. The van der Waals surface area contributed by atoms with Crippen molar-refractivity contribution >= 4 is 18.3 Å². The van der Waals surface area contributed by atoms with E-state index in [-0.39, 0.29) is 5.82 Å². The fourth-order valence-electron chi connectivity index (χ4n) is 4.29. The number of hydrogen-bond acceptors (Lipinski definition) is 5. The molecule has 0 unspecified atom stereocenters. The van der Waals surface area contributed by atoms with Gasteiger partial charge in [-0.1, -0.05) is 19.1 Å². The minimum absolute atomic E-state index is 0.292. The van der Waals surface area contributed by atoms with E-state index in [0.29, 0.717) is 18.6 Å². The number of ether oxygens (including phenoxy) is 1. The SMILES string of the molecule is CCCN1C=C(NCc2ccc(OC)cc2)c2ccc(F)c(B3OC(C)(C)C(C)(C)O3)c2C1. The summed E-state index contributed by atoms with van der Waals surface area (Å²) in [6, 6.07) is 11.4. The Kier molecular flexibility index (Phi) is 6.47. The molecular weight excluding hydrogens is 418 g/mol. The zero-order valence-corrected chi connectivity index (χ0v) is 20.5. The summed E-state index contributed by atoms with van der Waals surface area (Å²) < 4.78 is 33.0. The molecule has 0 spiro atoms. The summed E-state index contributed by atoms with van der Waals surface area (Å²) in [7, 11) is 0.921. The second kappa shape index (κ2) is 9.03. The first kappa shape index (κ1) is 23.6. The number of nitrogens with one attached hydrogen (secondary N) is 1. The second-order valence-corrected chi connectivity index (χ2v) is 9.79. The van der Waals surface area contributed by atoms with Crippen LogP contribution in [0, 0.1) is 5.82 Å². The topological polar surface area (TPSA) is 43.0 Å². The zero-order valence-electron chi connectivity index (χ0n) is 20.5. The van der Waals surface area contributed by atoms with E-state index in [1.807, 2.05) is 58.0 Å². The maximum atomic E-state index is 15.3. The van der Waals surface area contributed by atoms with Crippen LogP contribution in [0.1, 0.15) is 57.7 Å². The zero-order chi connectivity index (χ0) is 23.8. The molecule has 1 saturated heterocycles. The lowest BCUT2D eigenvalue weighted by atomic mass is 9.73. The molecule has 0 saturated carbocycles.